The normalized spacial score (nSPS) is 10.3. The van der Waals surface area contributed by atoms with E-state index in [0.29, 0.717) is 18.8 Å². The quantitative estimate of drug-likeness (QED) is 0.642. The van der Waals surface area contributed by atoms with E-state index in [4.69, 9.17) is 16.3 Å². The molecule has 5 nitrogen and oxygen atoms in total. The summed E-state index contributed by atoms with van der Waals surface area (Å²) in [5.41, 5.74) is 2.23. The lowest BCUT2D eigenvalue weighted by molar-refractivity contribution is 0.251. The van der Waals surface area contributed by atoms with Gasteiger partial charge in [0.2, 0.25) is 0 Å². The minimum Gasteiger partial charge on any atom is -0.489 e. The third-order valence-electron chi connectivity index (χ3n) is 3.68. The summed E-state index contributed by atoms with van der Waals surface area (Å²) in [6, 6.07) is 14.5. The topological polar surface area (TPSA) is 63.2 Å². The number of nitrogens with one attached hydrogen (secondary N) is 2. The van der Waals surface area contributed by atoms with Crippen LogP contribution in [0.2, 0.25) is 5.02 Å². The fourth-order valence-corrected chi connectivity index (χ4v) is 2.51. The Bertz CT molecular complexity index is 905. The number of anilines is 1. The Hall–Kier alpha value is -3.12. The van der Waals surface area contributed by atoms with Crippen LogP contribution in [0.1, 0.15) is 11.1 Å². The van der Waals surface area contributed by atoms with E-state index in [-0.39, 0.29) is 5.02 Å². The number of halogens is 2. The lowest BCUT2D eigenvalue weighted by Crippen LogP contribution is -2.28. The van der Waals surface area contributed by atoms with Crippen LogP contribution in [0, 0.1) is 5.82 Å². The number of hydrogen-bond acceptors (Lipinski definition) is 3. The summed E-state index contributed by atoms with van der Waals surface area (Å²) >= 11 is 5.88. The number of ether oxygens (including phenoxy) is 1. The van der Waals surface area contributed by atoms with Crippen LogP contribution >= 0.6 is 11.6 Å². The molecule has 0 atom stereocenters. The third-order valence-corrected chi connectivity index (χ3v) is 4.00. The number of rotatable bonds is 6. The van der Waals surface area contributed by atoms with Gasteiger partial charge >= 0.3 is 6.03 Å². The molecule has 0 bridgehead atoms. The zero-order chi connectivity index (χ0) is 19.1. The Balaban J connectivity index is 1.47. The molecule has 0 saturated heterocycles. The summed E-state index contributed by atoms with van der Waals surface area (Å²) in [6.07, 6.45) is 3.47. The van der Waals surface area contributed by atoms with E-state index < -0.39 is 11.8 Å². The summed E-state index contributed by atoms with van der Waals surface area (Å²) < 4.78 is 18.7. The highest BCUT2D eigenvalue weighted by Gasteiger charge is 2.06. The lowest BCUT2D eigenvalue weighted by atomic mass is 10.2. The molecular weight excluding hydrogens is 369 g/mol. The van der Waals surface area contributed by atoms with Gasteiger partial charge in [-0.05, 0) is 42.0 Å². The molecular formula is C20H17ClFN3O2. The second kappa shape index (κ2) is 9.00. The predicted molar refractivity (Wildman–Crippen MR) is 102 cm³/mol. The second-order valence-corrected chi connectivity index (χ2v) is 6.13. The van der Waals surface area contributed by atoms with E-state index in [1.54, 1.807) is 12.4 Å². The van der Waals surface area contributed by atoms with Crippen molar-refractivity contribution >= 4 is 23.3 Å². The van der Waals surface area contributed by atoms with Crippen molar-refractivity contribution in [2.24, 2.45) is 0 Å². The first-order chi connectivity index (χ1) is 13.1. The third kappa shape index (κ3) is 5.69. The van der Waals surface area contributed by atoms with Crippen molar-refractivity contribution in [2.45, 2.75) is 13.2 Å². The number of urea groups is 1. The number of amides is 2. The van der Waals surface area contributed by atoms with Crippen LogP contribution in [0.3, 0.4) is 0 Å². The van der Waals surface area contributed by atoms with Crippen LogP contribution in [0.4, 0.5) is 14.9 Å². The maximum Gasteiger partial charge on any atom is 0.319 e. The molecule has 0 aliphatic heterocycles. The summed E-state index contributed by atoms with van der Waals surface area (Å²) in [4.78, 5) is 16.0. The molecule has 27 heavy (non-hydrogen) atoms. The highest BCUT2D eigenvalue weighted by molar-refractivity contribution is 6.33. The summed E-state index contributed by atoms with van der Waals surface area (Å²) in [5.74, 6) is 0.266. The summed E-state index contributed by atoms with van der Waals surface area (Å²) in [6.45, 7) is 0.764. The molecule has 0 saturated carbocycles. The molecule has 7 heteroatoms. The second-order valence-electron chi connectivity index (χ2n) is 5.73. The summed E-state index contributed by atoms with van der Waals surface area (Å²) in [5, 5.41) is 5.43. The molecule has 0 fully saturated rings. The molecule has 0 aliphatic rings. The van der Waals surface area contributed by atoms with Gasteiger partial charge in [0.05, 0.1) is 10.7 Å². The first-order valence-electron chi connectivity index (χ1n) is 8.21. The van der Waals surface area contributed by atoms with Gasteiger partial charge in [-0.1, -0.05) is 29.8 Å². The van der Waals surface area contributed by atoms with Crippen LogP contribution in [0.15, 0.2) is 67.0 Å². The van der Waals surface area contributed by atoms with E-state index in [1.807, 2.05) is 36.4 Å². The molecule has 0 aliphatic carbocycles. The number of nitrogens with zero attached hydrogens (tertiary/aromatic N) is 1. The number of pyridine rings is 1. The predicted octanol–water partition coefficient (Wildman–Crippen LogP) is 4.77. The van der Waals surface area contributed by atoms with Gasteiger partial charge in [-0.25, -0.2) is 9.18 Å². The highest BCUT2D eigenvalue weighted by Crippen LogP contribution is 2.22. The van der Waals surface area contributed by atoms with E-state index in [0.717, 1.165) is 22.9 Å². The molecule has 2 N–H and O–H groups in total. The standard InChI is InChI=1S/C20H17ClFN3O2/c21-18-10-16(22)5-8-19(18)25-20(26)24-12-14-3-6-17(7-4-14)27-13-15-2-1-9-23-11-15/h1-11H,12-13H2,(H2,24,25,26). The zero-order valence-electron chi connectivity index (χ0n) is 14.3. The Labute approximate surface area is 161 Å². The molecule has 3 rings (SSSR count). The molecule has 2 aromatic carbocycles. The van der Waals surface area contributed by atoms with Gasteiger partial charge in [0.25, 0.3) is 0 Å². The van der Waals surface area contributed by atoms with Gasteiger partial charge in [-0.3, -0.25) is 4.98 Å². The van der Waals surface area contributed by atoms with E-state index in [1.165, 1.54) is 12.1 Å². The molecule has 1 aromatic heterocycles. The molecule has 0 spiro atoms. The Morgan fingerprint density at radius 2 is 1.93 bits per heavy atom. The van der Waals surface area contributed by atoms with Gasteiger partial charge in [0.1, 0.15) is 18.2 Å². The van der Waals surface area contributed by atoms with E-state index >= 15 is 0 Å². The number of hydrogen-bond donors (Lipinski definition) is 2. The van der Waals surface area contributed by atoms with Crippen LogP contribution in [-0.2, 0) is 13.2 Å². The fraction of sp³-hybridized carbons (Fsp3) is 0.100. The average Bonchev–Trinajstić information content (AvgIpc) is 2.68. The Morgan fingerprint density at radius 3 is 2.63 bits per heavy atom. The number of benzene rings is 2. The fourth-order valence-electron chi connectivity index (χ4n) is 2.29. The SMILES string of the molecule is O=C(NCc1ccc(OCc2cccnc2)cc1)Nc1ccc(F)cc1Cl. The Morgan fingerprint density at radius 1 is 1.11 bits per heavy atom. The molecule has 1 heterocycles. The van der Waals surface area contributed by atoms with Gasteiger partial charge in [0, 0.05) is 24.5 Å². The van der Waals surface area contributed by atoms with Crippen molar-refractivity contribution in [1.82, 2.24) is 10.3 Å². The molecule has 0 radical (unpaired) electrons. The highest BCUT2D eigenvalue weighted by atomic mass is 35.5. The average molecular weight is 386 g/mol. The largest absolute Gasteiger partial charge is 0.489 e. The first kappa shape index (κ1) is 18.7. The van der Waals surface area contributed by atoms with Crippen LogP contribution in [0.5, 0.6) is 5.75 Å². The molecule has 138 valence electrons. The van der Waals surface area contributed by atoms with Gasteiger partial charge in [-0.15, -0.1) is 0 Å². The van der Waals surface area contributed by atoms with Crippen molar-refractivity contribution in [3.8, 4) is 5.75 Å². The van der Waals surface area contributed by atoms with Crippen LogP contribution < -0.4 is 15.4 Å². The van der Waals surface area contributed by atoms with E-state index in [9.17, 15) is 9.18 Å². The monoisotopic (exact) mass is 385 g/mol. The van der Waals surface area contributed by atoms with Gasteiger partial charge in [0.15, 0.2) is 0 Å². The lowest BCUT2D eigenvalue weighted by Gasteiger charge is -2.10. The van der Waals surface area contributed by atoms with E-state index in [2.05, 4.69) is 15.6 Å². The van der Waals surface area contributed by atoms with Crippen molar-refractivity contribution in [2.75, 3.05) is 5.32 Å². The number of carbonyl (C=O) groups excluding carboxylic acids is 1. The van der Waals surface area contributed by atoms with Crippen molar-refractivity contribution in [3.05, 3.63) is 89.0 Å². The Kier molecular flexibility index (Phi) is 6.22. The smallest absolute Gasteiger partial charge is 0.319 e. The number of carbonyl (C=O) groups is 1. The van der Waals surface area contributed by atoms with Crippen LogP contribution in [0.25, 0.3) is 0 Å². The first-order valence-corrected chi connectivity index (χ1v) is 8.58. The molecule has 2 amide bonds. The maximum absolute atomic E-state index is 13.0. The van der Waals surface area contributed by atoms with Gasteiger partial charge in [-0.2, -0.15) is 0 Å². The number of aromatic nitrogens is 1. The van der Waals surface area contributed by atoms with Crippen molar-refractivity contribution < 1.29 is 13.9 Å². The van der Waals surface area contributed by atoms with Crippen molar-refractivity contribution in [3.63, 3.8) is 0 Å². The minimum atomic E-state index is -0.461. The van der Waals surface area contributed by atoms with Crippen molar-refractivity contribution in [1.29, 1.82) is 0 Å². The van der Waals surface area contributed by atoms with Crippen LogP contribution in [-0.4, -0.2) is 11.0 Å². The zero-order valence-corrected chi connectivity index (χ0v) is 15.0. The maximum atomic E-state index is 13.0. The van der Waals surface area contributed by atoms with Gasteiger partial charge < -0.3 is 15.4 Å². The minimum absolute atomic E-state index is 0.139. The molecule has 0 unspecified atom stereocenters. The summed E-state index contributed by atoms with van der Waals surface area (Å²) in [7, 11) is 0. The molecule has 3 aromatic rings.